The van der Waals surface area contributed by atoms with Crippen molar-refractivity contribution < 1.29 is 27.8 Å². The van der Waals surface area contributed by atoms with Crippen LogP contribution < -0.4 is 0 Å². The van der Waals surface area contributed by atoms with Crippen molar-refractivity contribution >= 4 is 34.8 Å². The number of aliphatic hydroxyl groups is 1. The molecule has 0 radical (unpaired) electrons. The van der Waals surface area contributed by atoms with E-state index in [1.165, 1.54) is 0 Å². The van der Waals surface area contributed by atoms with Gasteiger partial charge in [-0.05, 0) is 11.6 Å². The van der Waals surface area contributed by atoms with Crippen LogP contribution in [0.2, 0.25) is 0 Å². The van der Waals surface area contributed by atoms with Crippen LogP contribution in [0, 0.1) is 0 Å². The standard InChI is InChI=1S/C5H12O3.C2Cl3F3/c1-7-4-5-8-3-2-6;3-1(4,6)2(5,7)8/h6H,2-5H2,1H3;. The fourth-order valence-electron chi connectivity index (χ4n) is 0.309. The van der Waals surface area contributed by atoms with Crippen molar-refractivity contribution in [3.05, 3.63) is 0 Å². The van der Waals surface area contributed by atoms with Gasteiger partial charge in [-0.3, -0.25) is 0 Å². The molecule has 9 heteroatoms. The maximum absolute atomic E-state index is 11.5. The molecule has 3 nitrogen and oxygen atoms in total. The Hall–Kier alpha value is 0.540. The zero-order valence-electron chi connectivity index (χ0n) is 8.36. The smallest absolute Gasteiger partial charge is 0.383 e. The van der Waals surface area contributed by atoms with E-state index in [1.807, 2.05) is 0 Å². The lowest BCUT2D eigenvalue weighted by Crippen LogP contribution is -2.27. The van der Waals surface area contributed by atoms with E-state index in [-0.39, 0.29) is 6.61 Å². The summed E-state index contributed by atoms with van der Waals surface area (Å²) in [5, 5.41) is 3.97. The second kappa shape index (κ2) is 9.56. The van der Waals surface area contributed by atoms with E-state index in [9.17, 15) is 13.2 Å². The zero-order valence-corrected chi connectivity index (χ0v) is 10.6. The molecule has 1 N–H and O–H groups in total. The molecule has 16 heavy (non-hydrogen) atoms. The third-order valence-electron chi connectivity index (χ3n) is 0.989. The van der Waals surface area contributed by atoms with Gasteiger partial charge in [-0.25, -0.2) is 0 Å². The molecule has 0 unspecified atom stereocenters. The number of halogens is 6. The predicted molar refractivity (Wildman–Crippen MR) is 56.1 cm³/mol. The Morgan fingerprint density at radius 1 is 1.06 bits per heavy atom. The first kappa shape index (κ1) is 18.9. The Balaban J connectivity index is 0. The minimum atomic E-state index is -4.23. The van der Waals surface area contributed by atoms with Crippen molar-refractivity contribution in [2.75, 3.05) is 33.5 Å². The van der Waals surface area contributed by atoms with Gasteiger partial charge in [-0.2, -0.15) is 13.2 Å². The molecule has 0 aromatic carbocycles. The minimum absolute atomic E-state index is 0.0870. The fourth-order valence-corrected chi connectivity index (χ4v) is 0.309. The van der Waals surface area contributed by atoms with Gasteiger partial charge in [0, 0.05) is 7.11 Å². The number of ether oxygens (including phenoxy) is 2. The van der Waals surface area contributed by atoms with E-state index in [4.69, 9.17) is 9.84 Å². The molecular weight excluding hydrogens is 295 g/mol. The summed E-state index contributed by atoms with van der Waals surface area (Å²) in [7, 11) is 1.61. The molecule has 0 saturated carbocycles. The van der Waals surface area contributed by atoms with E-state index < -0.39 is 9.97 Å². The molecule has 0 amide bonds. The van der Waals surface area contributed by atoms with Gasteiger partial charge in [0.05, 0.1) is 26.4 Å². The van der Waals surface area contributed by atoms with Crippen LogP contribution in [0.1, 0.15) is 0 Å². The predicted octanol–water partition coefficient (Wildman–Crippen LogP) is 2.56. The van der Waals surface area contributed by atoms with Crippen molar-refractivity contribution in [2.24, 2.45) is 0 Å². The molecule has 0 aliphatic carbocycles. The molecule has 0 atom stereocenters. The van der Waals surface area contributed by atoms with E-state index in [0.717, 1.165) is 0 Å². The number of alkyl halides is 6. The average molecular weight is 308 g/mol. The van der Waals surface area contributed by atoms with Gasteiger partial charge in [-0.15, -0.1) is 0 Å². The van der Waals surface area contributed by atoms with Gasteiger partial charge in [0.25, 0.3) is 0 Å². The molecular formula is C7H12Cl3F3O3. The molecule has 0 bridgehead atoms. The molecule has 0 aliphatic heterocycles. The van der Waals surface area contributed by atoms with Gasteiger partial charge >= 0.3 is 9.97 Å². The Bertz CT molecular complexity index is 143. The third kappa shape index (κ3) is 12.6. The molecule has 0 spiro atoms. The lowest BCUT2D eigenvalue weighted by Gasteiger charge is -2.13. The van der Waals surface area contributed by atoms with Crippen molar-refractivity contribution in [1.29, 1.82) is 0 Å². The molecule has 0 fully saturated rings. The first-order chi connectivity index (χ1) is 7.16. The Kier molecular flexibility index (Phi) is 11.3. The summed E-state index contributed by atoms with van der Waals surface area (Å²) < 4.78 is 40.1. The highest BCUT2D eigenvalue weighted by molar-refractivity contribution is 6.51. The maximum Gasteiger partial charge on any atom is 0.383 e. The Labute approximate surface area is 106 Å². The summed E-state index contributed by atoms with van der Waals surface area (Å²) in [6, 6.07) is 0. The van der Waals surface area contributed by atoms with Gasteiger partial charge < -0.3 is 14.6 Å². The molecule has 0 aliphatic rings. The largest absolute Gasteiger partial charge is 0.394 e. The number of aliphatic hydroxyl groups excluding tert-OH is 1. The Morgan fingerprint density at radius 2 is 1.50 bits per heavy atom. The summed E-state index contributed by atoms with van der Waals surface area (Å²) in [6.45, 7) is 1.66. The molecule has 0 saturated heterocycles. The highest BCUT2D eigenvalue weighted by Crippen LogP contribution is 2.42. The second-order valence-corrected chi connectivity index (χ2v) is 4.03. The van der Waals surface area contributed by atoms with Crippen LogP contribution >= 0.6 is 34.8 Å². The number of methoxy groups -OCH3 is 1. The summed E-state index contributed by atoms with van der Waals surface area (Å²) in [4.78, 5) is 0. The maximum atomic E-state index is 11.5. The van der Waals surface area contributed by atoms with Crippen LogP contribution in [-0.2, 0) is 9.47 Å². The summed E-state index contributed by atoms with van der Waals surface area (Å²) in [5.74, 6) is 0. The average Bonchev–Trinajstić information content (AvgIpc) is 2.10. The molecule has 0 rings (SSSR count). The van der Waals surface area contributed by atoms with Gasteiger partial charge in [0.15, 0.2) is 0 Å². The van der Waals surface area contributed by atoms with Gasteiger partial charge in [-0.1, -0.05) is 23.2 Å². The molecule has 0 aromatic rings. The lowest BCUT2D eigenvalue weighted by molar-refractivity contribution is 0.0241. The van der Waals surface area contributed by atoms with Crippen molar-refractivity contribution in [3.8, 4) is 0 Å². The SMILES string of the molecule is COCCOCCO.FC(F)(Cl)C(F)(Cl)Cl. The first-order valence-corrected chi connectivity index (χ1v) is 5.11. The van der Waals surface area contributed by atoms with Crippen LogP contribution in [0.15, 0.2) is 0 Å². The van der Waals surface area contributed by atoms with Crippen LogP contribution in [0.4, 0.5) is 13.2 Å². The minimum Gasteiger partial charge on any atom is -0.394 e. The fraction of sp³-hybridized carbons (Fsp3) is 1.00. The quantitative estimate of drug-likeness (QED) is 0.605. The van der Waals surface area contributed by atoms with Crippen LogP contribution in [0.3, 0.4) is 0 Å². The van der Waals surface area contributed by atoms with Crippen LogP contribution in [-0.4, -0.2) is 48.6 Å². The van der Waals surface area contributed by atoms with E-state index in [1.54, 1.807) is 7.11 Å². The van der Waals surface area contributed by atoms with Crippen LogP contribution in [0.5, 0.6) is 0 Å². The molecule has 0 heterocycles. The van der Waals surface area contributed by atoms with Crippen LogP contribution in [0.25, 0.3) is 0 Å². The van der Waals surface area contributed by atoms with E-state index in [2.05, 4.69) is 39.5 Å². The monoisotopic (exact) mass is 306 g/mol. The summed E-state index contributed by atoms with van der Waals surface area (Å²) in [6.07, 6.45) is 0. The van der Waals surface area contributed by atoms with E-state index in [0.29, 0.717) is 19.8 Å². The highest BCUT2D eigenvalue weighted by Gasteiger charge is 2.51. The first-order valence-electron chi connectivity index (χ1n) is 3.97. The zero-order chi connectivity index (χ0) is 13.2. The number of hydrogen-bond acceptors (Lipinski definition) is 3. The van der Waals surface area contributed by atoms with Gasteiger partial charge in [0.2, 0.25) is 0 Å². The lowest BCUT2D eigenvalue weighted by atomic mass is 10.7. The van der Waals surface area contributed by atoms with E-state index >= 15 is 0 Å². The third-order valence-corrected chi connectivity index (χ3v) is 1.92. The number of hydrogen-bond donors (Lipinski definition) is 1. The highest BCUT2D eigenvalue weighted by atomic mass is 35.5. The van der Waals surface area contributed by atoms with Crippen molar-refractivity contribution in [1.82, 2.24) is 0 Å². The molecule has 0 aromatic heterocycles. The summed E-state index contributed by atoms with van der Waals surface area (Å²) in [5.41, 5.74) is 0. The van der Waals surface area contributed by atoms with Gasteiger partial charge in [0.1, 0.15) is 0 Å². The summed E-state index contributed by atoms with van der Waals surface area (Å²) >= 11 is 12.5. The Morgan fingerprint density at radius 3 is 1.75 bits per heavy atom. The van der Waals surface area contributed by atoms with Crippen molar-refractivity contribution in [3.63, 3.8) is 0 Å². The molecule has 100 valence electrons. The van der Waals surface area contributed by atoms with Crippen molar-refractivity contribution in [2.45, 2.75) is 9.97 Å². The topological polar surface area (TPSA) is 38.7 Å². The normalized spacial score (nSPS) is 12.0. The second-order valence-electron chi connectivity index (χ2n) is 2.32. The number of rotatable bonds is 6.